The Bertz CT molecular complexity index is 805. The van der Waals surface area contributed by atoms with Gasteiger partial charge in [0.15, 0.2) is 5.69 Å². The van der Waals surface area contributed by atoms with Crippen molar-refractivity contribution in [2.45, 2.75) is 32.7 Å². The first kappa shape index (κ1) is 17.0. The molecule has 6 heteroatoms. The maximum atomic E-state index is 12.5. The number of nitrogens with zero attached hydrogens (tertiary/aromatic N) is 2. The lowest BCUT2D eigenvalue weighted by molar-refractivity contribution is -0.126. The van der Waals surface area contributed by atoms with Crippen LogP contribution in [0.3, 0.4) is 0 Å². The SMILES string of the molecule is C=CC(=O)N1CCc2c(C(=O)Nc3ccc(C(C)C)cc3)n[nH]c2C1. The van der Waals surface area contributed by atoms with E-state index in [2.05, 4.69) is 35.9 Å². The van der Waals surface area contributed by atoms with Crippen molar-refractivity contribution >= 4 is 17.5 Å². The number of carbonyl (C=O) groups excluding carboxylic acids is 2. The van der Waals surface area contributed by atoms with Gasteiger partial charge in [0.2, 0.25) is 5.91 Å². The van der Waals surface area contributed by atoms with Crippen LogP contribution in [-0.4, -0.2) is 33.5 Å². The second-order valence-electron chi connectivity index (χ2n) is 6.47. The second-order valence-corrected chi connectivity index (χ2v) is 6.47. The molecule has 2 heterocycles. The van der Waals surface area contributed by atoms with Gasteiger partial charge in [-0.15, -0.1) is 0 Å². The molecule has 0 radical (unpaired) electrons. The molecular weight excluding hydrogens is 316 g/mol. The Hall–Kier alpha value is -2.89. The quantitative estimate of drug-likeness (QED) is 0.842. The van der Waals surface area contributed by atoms with Gasteiger partial charge >= 0.3 is 0 Å². The standard InChI is InChI=1S/C19H22N4O2/c1-4-17(24)23-10-9-15-16(11-23)21-22-18(15)19(25)20-14-7-5-13(6-8-14)12(2)3/h4-8,12H,1,9-11H2,2-3H3,(H,20,25)(H,21,22). The molecule has 1 aliphatic rings. The number of anilines is 1. The Morgan fingerprint density at radius 1 is 1.32 bits per heavy atom. The number of aromatic nitrogens is 2. The number of aromatic amines is 1. The molecule has 0 unspecified atom stereocenters. The molecule has 2 amide bonds. The molecule has 0 saturated carbocycles. The van der Waals surface area contributed by atoms with E-state index in [0.29, 0.717) is 31.1 Å². The molecule has 0 atom stereocenters. The molecule has 2 N–H and O–H groups in total. The van der Waals surface area contributed by atoms with Crippen molar-refractivity contribution < 1.29 is 9.59 Å². The van der Waals surface area contributed by atoms with Crippen LogP contribution < -0.4 is 5.32 Å². The molecule has 0 fully saturated rings. The average Bonchev–Trinajstić information content (AvgIpc) is 3.04. The minimum absolute atomic E-state index is 0.114. The summed E-state index contributed by atoms with van der Waals surface area (Å²) in [6.45, 7) is 8.74. The number of rotatable bonds is 4. The van der Waals surface area contributed by atoms with Crippen LogP contribution in [0.1, 0.15) is 47.1 Å². The molecule has 25 heavy (non-hydrogen) atoms. The zero-order chi connectivity index (χ0) is 18.0. The molecule has 3 rings (SSSR count). The van der Waals surface area contributed by atoms with E-state index in [9.17, 15) is 9.59 Å². The zero-order valence-electron chi connectivity index (χ0n) is 14.5. The summed E-state index contributed by atoms with van der Waals surface area (Å²) in [4.78, 5) is 26.0. The van der Waals surface area contributed by atoms with Gasteiger partial charge in [-0.2, -0.15) is 5.10 Å². The third-order valence-electron chi connectivity index (χ3n) is 4.47. The first-order valence-corrected chi connectivity index (χ1v) is 8.38. The Balaban J connectivity index is 1.73. The number of benzene rings is 1. The molecule has 0 bridgehead atoms. The third-order valence-corrected chi connectivity index (χ3v) is 4.47. The van der Waals surface area contributed by atoms with Crippen molar-refractivity contribution in [3.63, 3.8) is 0 Å². The largest absolute Gasteiger partial charge is 0.333 e. The Morgan fingerprint density at radius 2 is 2.04 bits per heavy atom. The van der Waals surface area contributed by atoms with Gasteiger partial charge in [-0.25, -0.2) is 0 Å². The van der Waals surface area contributed by atoms with Crippen LogP contribution in [0, 0.1) is 0 Å². The first-order chi connectivity index (χ1) is 12.0. The summed E-state index contributed by atoms with van der Waals surface area (Å²) < 4.78 is 0. The van der Waals surface area contributed by atoms with Gasteiger partial charge in [0.25, 0.3) is 5.91 Å². The highest BCUT2D eigenvalue weighted by molar-refractivity contribution is 6.04. The Kier molecular flexibility index (Phi) is 4.70. The van der Waals surface area contributed by atoms with E-state index < -0.39 is 0 Å². The Labute approximate surface area is 146 Å². The third kappa shape index (κ3) is 3.47. The normalized spacial score (nSPS) is 13.5. The van der Waals surface area contributed by atoms with E-state index in [1.165, 1.54) is 11.6 Å². The van der Waals surface area contributed by atoms with Gasteiger partial charge in [0.1, 0.15) is 0 Å². The van der Waals surface area contributed by atoms with E-state index in [4.69, 9.17) is 0 Å². The summed E-state index contributed by atoms with van der Waals surface area (Å²) in [6.07, 6.45) is 1.90. The summed E-state index contributed by atoms with van der Waals surface area (Å²) in [5.74, 6) is 0.0964. The van der Waals surface area contributed by atoms with E-state index in [1.54, 1.807) is 4.90 Å². The van der Waals surface area contributed by atoms with Gasteiger partial charge in [0.05, 0.1) is 12.2 Å². The predicted octanol–water partition coefficient (Wildman–Crippen LogP) is 2.86. The van der Waals surface area contributed by atoms with E-state index in [0.717, 1.165) is 16.9 Å². The van der Waals surface area contributed by atoms with E-state index in [-0.39, 0.29) is 11.8 Å². The molecule has 1 aromatic carbocycles. The molecule has 130 valence electrons. The van der Waals surface area contributed by atoms with Gasteiger partial charge in [-0.3, -0.25) is 14.7 Å². The summed E-state index contributed by atoms with van der Waals surface area (Å²) in [5, 5.41) is 9.93. The topological polar surface area (TPSA) is 78.1 Å². The molecule has 0 aliphatic carbocycles. The molecule has 1 aliphatic heterocycles. The highest BCUT2D eigenvalue weighted by Crippen LogP contribution is 2.22. The fraction of sp³-hybridized carbons (Fsp3) is 0.316. The summed E-state index contributed by atoms with van der Waals surface area (Å²) in [6, 6.07) is 7.83. The van der Waals surface area contributed by atoms with Crippen LogP contribution in [-0.2, 0) is 17.8 Å². The van der Waals surface area contributed by atoms with Gasteiger partial charge in [0, 0.05) is 17.8 Å². The van der Waals surface area contributed by atoms with Gasteiger partial charge in [-0.05, 0) is 36.1 Å². The molecule has 2 aromatic rings. The van der Waals surface area contributed by atoms with Crippen LogP contribution >= 0.6 is 0 Å². The first-order valence-electron chi connectivity index (χ1n) is 8.38. The molecular formula is C19H22N4O2. The van der Waals surface area contributed by atoms with E-state index in [1.807, 2.05) is 24.3 Å². The summed E-state index contributed by atoms with van der Waals surface area (Å²) >= 11 is 0. The number of carbonyl (C=O) groups is 2. The van der Waals surface area contributed by atoms with Crippen molar-refractivity contribution in [3.8, 4) is 0 Å². The fourth-order valence-corrected chi connectivity index (χ4v) is 2.96. The lowest BCUT2D eigenvalue weighted by Crippen LogP contribution is -2.35. The predicted molar refractivity (Wildman–Crippen MR) is 96.4 cm³/mol. The van der Waals surface area contributed by atoms with Crippen molar-refractivity contribution in [1.29, 1.82) is 0 Å². The van der Waals surface area contributed by atoms with Crippen molar-refractivity contribution in [3.05, 3.63) is 59.4 Å². The Morgan fingerprint density at radius 3 is 2.68 bits per heavy atom. The van der Waals surface area contributed by atoms with Gasteiger partial charge < -0.3 is 10.2 Å². The average molecular weight is 338 g/mol. The number of fused-ring (bicyclic) bond motifs is 1. The zero-order valence-corrected chi connectivity index (χ0v) is 14.5. The molecule has 0 spiro atoms. The lowest BCUT2D eigenvalue weighted by Gasteiger charge is -2.25. The number of amides is 2. The maximum absolute atomic E-state index is 12.5. The smallest absolute Gasteiger partial charge is 0.276 e. The van der Waals surface area contributed by atoms with Crippen LogP contribution in [0.25, 0.3) is 0 Å². The summed E-state index contributed by atoms with van der Waals surface area (Å²) in [5.41, 5.74) is 4.05. The van der Waals surface area contributed by atoms with Crippen molar-refractivity contribution in [2.24, 2.45) is 0 Å². The highest BCUT2D eigenvalue weighted by atomic mass is 16.2. The number of hydrogen-bond acceptors (Lipinski definition) is 3. The van der Waals surface area contributed by atoms with Crippen LogP contribution in [0.15, 0.2) is 36.9 Å². The molecule has 1 aromatic heterocycles. The number of H-pyrrole nitrogens is 1. The second kappa shape index (κ2) is 6.93. The van der Waals surface area contributed by atoms with Crippen LogP contribution in [0.5, 0.6) is 0 Å². The van der Waals surface area contributed by atoms with Crippen molar-refractivity contribution in [2.75, 3.05) is 11.9 Å². The highest BCUT2D eigenvalue weighted by Gasteiger charge is 2.26. The van der Waals surface area contributed by atoms with Gasteiger partial charge in [-0.1, -0.05) is 32.6 Å². The summed E-state index contributed by atoms with van der Waals surface area (Å²) in [7, 11) is 0. The van der Waals surface area contributed by atoms with Crippen LogP contribution in [0.2, 0.25) is 0 Å². The number of nitrogens with one attached hydrogen (secondary N) is 2. The molecule has 0 saturated heterocycles. The van der Waals surface area contributed by atoms with Crippen molar-refractivity contribution in [1.82, 2.24) is 15.1 Å². The monoisotopic (exact) mass is 338 g/mol. The lowest BCUT2D eigenvalue weighted by atomic mass is 10.0. The minimum atomic E-state index is -0.238. The minimum Gasteiger partial charge on any atom is -0.333 e. The van der Waals surface area contributed by atoms with E-state index >= 15 is 0 Å². The maximum Gasteiger partial charge on any atom is 0.276 e. The fourth-order valence-electron chi connectivity index (χ4n) is 2.96. The molecule has 6 nitrogen and oxygen atoms in total. The van der Waals surface area contributed by atoms with Crippen LogP contribution in [0.4, 0.5) is 5.69 Å². The number of hydrogen-bond donors (Lipinski definition) is 2.